The average Bonchev–Trinajstić information content (AvgIpc) is 2.93. The molecule has 2 aromatic heterocycles. The molecule has 0 radical (unpaired) electrons. The number of carbonyl (C=O) groups is 1. The molecule has 0 atom stereocenters. The maximum absolute atomic E-state index is 12.6. The summed E-state index contributed by atoms with van der Waals surface area (Å²) in [5.41, 5.74) is 0.485. The molecular weight excluding hydrogens is 396 g/mol. The molecule has 0 fully saturated rings. The smallest absolute Gasteiger partial charge is 0.224 e. The van der Waals surface area contributed by atoms with Gasteiger partial charge in [0, 0.05) is 10.5 Å². The second-order valence-electron chi connectivity index (χ2n) is 4.16. The summed E-state index contributed by atoms with van der Waals surface area (Å²) in [6.07, 6.45) is 1.57. The third-order valence-corrected chi connectivity index (χ3v) is 5.81. The lowest BCUT2D eigenvalue weighted by Crippen LogP contribution is -2.13. The van der Waals surface area contributed by atoms with Gasteiger partial charge < -0.3 is 4.74 Å². The van der Waals surface area contributed by atoms with E-state index >= 15 is 0 Å². The van der Waals surface area contributed by atoms with Gasteiger partial charge in [-0.05, 0) is 51.8 Å². The van der Waals surface area contributed by atoms with Crippen LogP contribution in [-0.4, -0.2) is 22.7 Å². The first-order valence-corrected chi connectivity index (χ1v) is 7.97. The van der Waals surface area contributed by atoms with Gasteiger partial charge in [0.15, 0.2) is 11.4 Å². The Hall–Kier alpha value is -0.660. The fraction of sp³-hybridized carbons (Fsp3) is 0.333. The van der Waals surface area contributed by atoms with Crippen LogP contribution in [-0.2, 0) is 0 Å². The van der Waals surface area contributed by atoms with Crippen LogP contribution in [0.25, 0.3) is 0 Å². The molecule has 0 amide bonds. The second kappa shape index (κ2) is 5.76. The number of methoxy groups -OCH3 is 1. The highest BCUT2D eigenvalue weighted by Crippen LogP contribution is 2.35. The SMILES string of the molecule is COc1cnn(C(C)C)c1C(=O)c1cc(Br)c(Br)s1. The molecule has 2 heterocycles. The molecule has 0 spiro atoms. The Kier molecular flexibility index (Phi) is 4.47. The molecule has 2 rings (SSSR count). The Morgan fingerprint density at radius 1 is 1.47 bits per heavy atom. The predicted octanol–water partition coefficient (Wildman–Crippen LogP) is 4.29. The Bertz CT molecular complexity index is 600. The Morgan fingerprint density at radius 2 is 2.16 bits per heavy atom. The third-order valence-electron chi connectivity index (χ3n) is 2.55. The van der Waals surface area contributed by atoms with Gasteiger partial charge in [-0.25, -0.2) is 0 Å². The van der Waals surface area contributed by atoms with Gasteiger partial charge in [-0.2, -0.15) is 5.10 Å². The molecule has 19 heavy (non-hydrogen) atoms. The van der Waals surface area contributed by atoms with Crippen molar-refractivity contribution in [3.05, 3.63) is 31.1 Å². The lowest BCUT2D eigenvalue weighted by atomic mass is 10.2. The van der Waals surface area contributed by atoms with Crippen molar-refractivity contribution in [2.24, 2.45) is 0 Å². The minimum Gasteiger partial charge on any atom is -0.493 e. The average molecular weight is 408 g/mol. The van der Waals surface area contributed by atoms with E-state index in [4.69, 9.17) is 4.74 Å². The lowest BCUT2D eigenvalue weighted by Gasteiger charge is -2.10. The third kappa shape index (κ3) is 2.78. The normalized spacial score (nSPS) is 11.1. The van der Waals surface area contributed by atoms with E-state index in [1.807, 2.05) is 13.8 Å². The summed E-state index contributed by atoms with van der Waals surface area (Å²) < 4.78 is 8.68. The van der Waals surface area contributed by atoms with Crippen molar-refractivity contribution in [3.63, 3.8) is 0 Å². The monoisotopic (exact) mass is 406 g/mol. The van der Waals surface area contributed by atoms with Crippen molar-refractivity contribution >= 4 is 49.0 Å². The fourth-order valence-electron chi connectivity index (χ4n) is 1.68. The molecule has 7 heteroatoms. The van der Waals surface area contributed by atoms with Gasteiger partial charge in [0.25, 0.3) is 0 Å². The number of aromatic nitrogens is 2. The van der Waals surface area contributed by atoms with Crippen LogP contribution in [0, 0.1) is 0 Å². The highest BCUT2D eigenvalue weighted by atomic mass is 79.9. The number of carbonyl (C=O) groups excluding carboxylic acids is 1. The van der Waals surface area contributed by atoms with E-state index in [0.717, 1.165) is 8.26 Å². The topological polar surface area (TPSA) is 44.1 Å². The molecule has 0 N–H and O–H groups in total. The van der Waals surface area contributed by atoms with Gasteiger partial charge in [-0.15, -0.1) is 11.3 Å². The fourth-order valence-corrected chi connectivity index (χ4v) is 3.65. The standard InChI is InChI=1S/C12H12Br2N2O2S/c1-6(2)16-10(8(18-3)5-15-16)11(17)9-4-7(13)12(14)19-9/h4-6H,1-3H3. The lowest BCUT2D eigenvalue weighted by molar-refractivity contribution is 0.102. The zero-order chi connectivity index (χ0) is 14.2. The van der Waals surface area contributed by atoms with Crippen LogP contribution in [0.1, 0.15) is 35.3 Å². The van der Waals surface area contributed by atoms with Crippen molar-refractivity contribution < 1.29 is 9.53 Å². The molecule has 102 valence electrons. The summed E-state index contributed by atoms with van der Waals surface area (Å²) in [5.74, 6) is 0.416. The van der Waals surface area contributed by atoms with Crippen LogP contribution in [0.4, 0.5) is 0 Å². The number of rotatable bonds is 4. The van der Waals surface area contributed by atoms with Crippen molar-refractivity contribution in [1.82, 2.24) is 9.78 Å². The maximum atomic E-state index is 12.6. The largest absolute Gasteiger partial charge is 0.493 e. The van der Waals surface area contributed by atoms with E-state index in [0.29, 0.717) is 16.3 Å². The van der Waals surface area contributed by atoms with Crippen LogP contribution >= 0.6 is 43.2 Å². The molecule has 2 aromatic rings. The van der Waals surface area contributed by atoms with E-state index < -0.39 is 0 Å². The minimum absolute atomic E-state index is 0.0838. The van der Waals surface area contributed by atoms with Crippen LogP contribution in [0.5, 0.6) is 5.75 Å². The summed E-state index contributed by atoms with van der Waals surface area (Å²) in [6, 6.07) is 1.89. The molecule has 0 aliphatic rings. The number of hydrogen-bond donors (Lipinski definition) is 0. The van der Waals surface area contributed by atoms with Crippen molar-refractivity contribution in [2.45, 2.75) is 19.9 Å². The second-order valence-corrected chi connectivity index (χ2v) is 7.39. The highest BCUT2D eigenvalue weighted by molar-refractivity contribution is 9.13. The maximum Gasteiger partial charge on any atom is 0.224 e. The van der Waals surface area contributed by atoms with Crippen molar-refractivity contribution in [2.75, 3.05) is 7.11 Å². The number of nitrogens with zero attached hydrogens (tertiary/aromatic N) is 2. The molecular formula is C12H12Br2N2O2S. The van der Waals surface area contributed by atoms with E-state index in [9.17, 15) is 4.79 Å². The van der Waals surface area contributed by atoms with Crippen LogP contribution < -0.4 is 4.74 Å². The van der Waals surface area contributed by atoms with E-state index in [1.54, 1.807) is 24.1 Å². The molecule has 4 nitrogen and oxygen atoms in total. The van der Waals surface area contributed by atoms with Gasteiger partial charge >= 0.3 is 0 Å². The van der Waals surface area contributed by atoms with E-state index in [2.05, 4.69) is 37.0 Å². The summed E-state index contributed by atoms with van der Waals surface area (Å²) in [5, 5.41) is 4.21. The predicted molar refractivity (Wildman–Crippen MR) is 82.3 cm³/mol. The first kappa shape index (κ1) is 14.7. The molecule has 0 saturated carbocycles. The Labute approximate surface area is 132 Å². The summed E-state index contributed by atoms with van der Waals surface area (Å²) in [7, 11) is 1.54. The van der Waals surface area contributed by atoms with Crippen LogP contribution in [0.2, 0.25) is 0 Å². The Balaban J connectivity index is 2.51. The first-order chi connectivity index (χ1) is 8.95. The van der Waals surface area contributed by atoms with Gasteiger partial charge in [0.2, 0.25) is 5.78 Å². The first-order valence-electron chi connectivity index (χ1n) is 5.56. The number of hydrogen-bond acceptors (Lipinski definition) is 4. The van der Waals surface area contributed by atoms with Crippen molar-refractivity contribution in [1.29, 1.82) is 0 Å². The van der Waals surface area contributed by atoms with Crippen molar-refractivity contribution in [3.8, 4) is 5.75 Å². The number of halogens is 2. The summed E-state index contributed by atoms with van der Waals surface area (Å²) in [6.45, 7) is 3.95. The number of thiophene rings is 1. The van der Waals surface area contributed by atoms with Gasteiger partial charge in [-0.3, -0.25) is 9.48 Å². The molecule has 0 bridgehead atoms. The highest BCUT2D eigenvalue weighted by Gasteiger charge is 2.24. The zero-order valence-corrected chi connectivity index (χ0v) is 14.6. The van der Waals surface area contributed by atoms with Gasteiger partial charge in [0.1, 0.15) is 0 Å². The molecule has 0 aliphatic heterocycles. The summed E-state index contributed by atoms with van der Waals surface area (Å²) >= 11 is 8.17. The number of ether oxygens (including phenoxy) is 1. The van der Waals surface area contributed by atoms with Crippen LogP contribution in [0.3, 0.4) is 0 Å². The zero-order valence-electron chi connectivity index (χ0n) is 10.6. The van der Waals surface area contributed by atoms with Gasteiger partial charge in [-0.1, -0.05) is 0 Å². The summed E-state index contributed by atoms with van der Waals surface area (Å²) in [4.78, 5) is 13.2. The minimum atomic E-state index is -0.0838. The molecule has 0 aliphatic carbocycles. The molecule has 0 unspecified atom stereocenters. The van der Waals surface area contributed by atoms with E-state index in [-0.39, 0.29) is 11.8 Å². The van der Waals surface area contributed by atoms with Gasteiger partial charge in [0.05, 0.1) is 22.0 Å². The van der Waals surface area contributed by atoms with Crippen LogP contribution in [0.15, 0.2) is 20.5 Å². The number of ketones is 1. The molecule has 0 saturated heterocycles. The van der Waals surface area contributed by atoms with E-state index in [1.165, 1.54) is 11.3 Å². The molecule has 0 aromatic carbocycles. The Morgan fingerprint density at radius 3 is 2.63 bits per heavy atom. The quantitative estimate of drug-likeness (QED) is 0.710.